The SMILES string of the molecule is COCOc1cc(C(=O)O)ccc1C(F)(F)F. The van der Waals surface area contributed by atoms with Crippen LogP contribution in [0.1, 0.15) is 15.9 Å². The zero-order valence-electron chi connectivity index (χ0n) is 8.75. The standard InChI is InChI=1S/C10H9F3O4/c1-16-5-17-8-4-6(9(14)15)2-3-7(8)10(11,12)13/h2-4H,5H2,1H3,(H,14,15). The van der Waals surface area contributed by atoms with Gasteiger partial charge in [-0.1, -0.05) is 0 Å². The zero-order valence-corrected chi connectivity index (χ0v) is 8.75. The van der Waals surface area contributed by atoms with E-state index in [-0.39, 0.29) is 5.56 Å². The molecule has 0 atom stereocenters. The van der Waals surface area contributed by atoms with Crippen LogP contribution < -0.4 is 4.74 Å². The fourth-order valence-electron chi connectivity index (χ4n) is 1.13. The average Bonchev–Trinajstić information content (AvgIpc) is 2.24. The molecular formula is C10H9F3O4. The molecule has 0 aliphatic heterocycles. The number of carboxylic acids is 1. The van der Waals surface area contributed by atoms with E-state index in [2.05, 4.69) is 4.74 Å². The van der Waals surface area contributed by atoms with Crippen molar-refractivity contribution in [3.05, 3.63) is 29.3 Å². The third-order valence-corrected chi connectivity index (χ3v) is 1.87. The number of benzene rings is 1. The first kappa shape index (κ1) is 13.3. The lowest BCUT2D eigenvalue weighted by Gasteiger charge is -2.13. The summed E-state index contributed by atoms with van der Waals surface area (Å²) in [7, 11) is 1.24. The lowest BCUT2D eigenvalue weighted by atomic mass is 10.1. The van der Waals surface area contributed by atoms with E-state index in [0.29, 0.717) is 6.07 Å². The minimum atomic E-state index is -4.61. The Bertz CT molecular complexity index is 415. The van der Waals surface area contributed by atoms with E-state index in [1.165, 1.54) is 7.11 Å². The summed E-state index contributed by atoms with van der Waals surface area (Å²) in [5.74, 6) is -1.90. The van der Waals surface area contributed by atoms with Crippen LogP contribution >= 0.6 is 0 Å². The highest BCUT2D eigenvalue weighted by Gasteiger charge is 2.34. The van der Waals surface area contributed by atoms with E-state index in [4.69, 9.17) is 9.84 Å². The summed E-state index contributed by atoms with van der Waals surface area (Å²) in [5, 5.41) is 8.66. The van der Waals surface area contributed by atoms with Crippen molar-refractivity contribution in [2.75, 3.05) is 13.9 Å². The second-order valence-electron chi connectivity index (χ2n) is 3.06. The van der Waals surface area contributed by atoms with Crippen LogP contribution in [-0.4, -0.2) is 25.0 Å². The number of halogens is 3. The van der Waals surface area contributed by atoms with Crippen molar-refractivity contribution in [3.63, 3.8) is 0 Å². The molecule has 0 radical (unpaired) electrons. The van der Waals surface area contributed by atoms with Crippen molar-refractivity contribution in [1.82, 2.24) is 0 Å². The Balaban J connectivity index is 3.17. The van der Waals surface area contributed by atoms with Gasteiger partial charge in [-0.05, 0) is 18.2 Å². The second-order valence-corrected chi connectivity index (χ2v) is 3.06. The summed E-state index contributed by atoms with van der Waals surface area (Å²) >= 11 is 0. The molecule has 0 spiro atoms. The van der Waals surface area contributed by atoms with Crippen molar-refractivity contribution in [3.8, 4) is 5.75 Å². The molecule has 1 N–H and O–H groups in total. The van der Waals surface area contributed by atoms with Gasteiger partial charge in [-0.15, -0.1) is 0 Å². The van der Waals surface area contributed by atoms with Gasteiger partial charge in [0.25, 0.3) is 0 Å². The minimum absolute atomic E-state index is 0.288. The maximum Gasteiger partial charge on any atom is 0.419 e. The summed E-state index contributed by atoms with van der Waals surface area (Å²) in [5.41, 5.74) is -1.33. The van der Waals surface area contributed by atoms with E-state index >= 15 is 0 Å². The van der Waals surface area contributed by atoms with Gasteiger partial charge in [0.2, 0.25) is 0 Å². The third kappa shape index (κ3) is 3.35. The number of carbonyl (C=O) groups is 1. The van der Waals surface area contributed by atoms with Gasteiger partial charge in [-0.25, -0.2) is 4.79 Å². The predicted molar refractivity (Wildman–Crippen MR) is 50.9 cm³/mol. The minimum Gasteiger partial charge on any atom is -0.478 e. The predicted octanol–water partition coefficient (Wildman–Crippen LogP) is 2.39. The number of alkyl halides is 3. The molecule has 0 fully saturated rings. The fourth-order valence-corrected chi connectivity index (χ4v) is 1.13. The summed E-state index contributed by atoms with van der Waals surface area (Å²) in [6.45, 7) is -0.397. The van der Waals surface area contributed by atoms with Crippen LogP contribution in [-0.2, 0) is 10.9 Å². The molecule has 1 aromatic carbocycles. The van der Waals surface area contributed by atoms with Crippen molar-refractivity contribution in [2.45, 2.75) is 6.18 Å². The van der Waals surface area contributed by atoms with Gasteiger partial charge >= 0.3 is 12.1 Å². The number of hydrogen-bond acceptors (Lipinski definition) is 3. The van der Waals surface area contributed by atoms with Crippen LogP contribution in [0.5, 0.6) is 5.75 Å². The van der Waals surface area contributed by atoms with Gasteiger partial charge in [0, 0.05) is 7.11 Å². The van der Waals surface area contributed by atoms with E-state index in [0.717, 1.165) is 12.1 Å². The summed E-state index contributed by atoms with van der Waals surface area (Å²) in [4.78, 5) is 10.6. The first-order chi connectivity index (χ1) is 7.86. The highest BCUT2D eigenvalue weighted by Crippen LogP contribution is 2.36. The summed E-state index contributed by atoms with van der Waals surface area (Å²) in [6.07, 6.45) is -4.61. The Morgan fingerprint density at radius 2 is 2.06 bits per heavy atom. The Morgan fingerprint density at radius 1 is 1.41 bits per heavy atom. The maximum absolute atomic E-state index is 12.5. The molecule has 0 heterocycles. The first-order valence-corrected chi connectivity index (χ1v) is 4.42. The molecule has 0 aliphatic carbocycles. The van der Waals surface area contributed by atoms with E-state index < -0.39 is 30.3 Å². The van der Waals surface area contributed by atoms with E-state index in [9.17, 15) is 18.0 Å². The van der Waals surface area contributed by atoms with Gasteiger partial charge in [-0.2, -0.15) is 13.2 Å². The van der Waals surface area contributed by atoms with Crippen LogP contribution in [0.15, 0.2) is 18.2 Å². The molecule has 0 unspecified atom stereocenters. The number of rotatable bonds is 4. The number of hydrogen-bond donors (Lipinski definition) is 1. The smallest absolute Gasteiger partial charge is 0.419 e. The molecule has 1 rings (SSSR count). The monoisotopic (exact) mass is 250 g/mol. The fraction of sp³-hybridized carbons (Fsp3) is 0.300. The van der Waals surface area contributed by atoms with Gasteiger partial charge in [0.15, 0.2) is 6.79 Å². The molecule has 0 saturated heterocycles. The Labute approximate surface area is 94.6 Å². The van der Waals surface area contributed by atoms with Crippen LogP contribution in [0.3, 0.4) is 0 Å². The lowest BCUT2D eigenvalue weighted by Crippen LogP contribution is -2.11. The van der Waals surface area contributed by atoms with E-state index in [1.807, 2.05) is 0 Å². The summed E-state index contributed by atoms with van der Waals surface area (Å²) in [6, 6.07) is 2.34. The molecule has 0 saturated carbocycles. The van der Waals surface area contributed by atoms with Gasteiger partial charge in [0.05, 0.1) is 11.1 Å². The molecule has 0 aliphatic rings. The number of aromatic carboxylic acids is 1. The van der Waals surface area contributed by atoms with Crippen molar-refractivity contribution in [1.29, 1.82) is 0 Å². The Morgan fingerprint density at radius 3 is 2.53 bits per heavy atom. The molecule has 17 heavy (non-hydrogen) atoms. The van der Waals surface area contributed by atoms with E-state index in [1.54, 1.807) is 0 Å². The van der Waals surface area contributed by atoms with Crippen LogP contribution in [0.2, 0.25) is 0 Å². The normalized spacial score (nSPS) is 11.3. The number of carboxylic acid groups (broad SMARTS) is 1. The topological polar surface area (TPSA) is 55.8 Å². The van der Waals surface area contributed by atoms with Crippen LogP contribution in [0.4, 0.5) is 13.2 Å². The third-order valence-electron chi connectivity index (χ3n) is 1.87. The zero-order chi connectivity index (χ0) is 13.1. The lowest BCUT2D eigenvalue weighted by molar-refractivity contribution is -0.139. The molecule has 7 heteroatoms. The van der Waals surface area contributed by atoms with Crippen molar-refractivity contribution < 1.29 is 32.5 Å². The number of ether oxygens (including phenoxy) is 2. The van der Waals surface area contributed by atoms with Gasteiger partial charge in [-0.3, -0.25) is 0 Å². The maximum atomic E-state index is 12.5. The molecular weight excluding hydrogens is 241 g/mol. The highest BCUT2D eigenvalue weighted by molar-refractivity contribution is 5.88. The first-order valence-electron chi connectivity index (χ1n) is 4.42. The Kier molecular flexibility index (Phi) is 3.95. The highest BCUT2D eigenvalue weighted by atomic mass is 19.4. The van der Waals surface area contributed by atoms with Crippen molar-refractivity contribution >= 4 is 5.97 Å². The second kappa shape index (κ2) is 5.05. The molecule has 94 valence electrons. The van der Waals surface area contributed by atoms with Crippen LogP contribution in [0.25, 0.3) is 0 Å². The summed E-state index contributed by atoms with van der Waals surface area (Å²) < 4.78 is 46.8. The molecule has 0 amide bonds. The van der Waals surface area contributed by atoms with Crippen LogP contribution in [0, 0.1) is 0 Å². The molecule has 1 aromatic rings. The average molecular weight is 250 g/mol. The molecule has 0 aromatic heterocycles. The van der Waals surface area contributed by atoms with Crippen molar-refractivity contribution in [2.24, 2.45) is 0 Å². The molecule has 0 bridgehead atoms. The largest absolute Gasteiger partial charge is 0.478 e. The van der Waals surface area contributed by atoms with Gasteiger partial charge in [0.1, 0.15) is 5.75 Å². The molecule has 4 nitrogen and oxygen atoms in total. The Hall–Kier alpha value is -1.76. The van der Waals surface area contributed by atoms with Gasteiger partial charge < -0.3 is 14.6 Å². The number of methoxy groups -OCH3 is 1. The quantitative estimate of drug-likeness (QED) is 0.833.